The molecule has 1 heterocycles. The Balaban J connectivity index is 2.37. The van der Waals surface area contributed by atoms with E-state index in [2.05, 4.69) is 21.2 Å². The van der Waals surface area contributed by atoms with E-state index < -0.39 is 11.7 Å². The number of piperazine rings is 1. The van der Waals surface area contributed by atoms with E-state index in [9.17, 15) is 13.2 Å². The first-order chi connectivity index (χ1) is 8.38. The van der Waals surface area contributed by atoms with E-state index in [1.54, 1.807) is 11.0 Å². The van der Waals surface area contributed by atoms with Crippen LogP contribution in [-0.2, 0) is 6.18 Å². The van der Waals surface area contributed by atoms with Gasteiger partial charge in [0, 0.05) is 35.8 Å². The molecule has 0 saturated carbocycles. The predicted octanol–water partition coefficient (Wildman–Crippen LogP) is 3.27. The molecule has 0 aromatic heterocycles. The first kappa shape index (κ1) is 13.7. The predicted molar refractivity (Wildman–Crippen MR) is 68.8 cm³/mol. The second kappa shape index (κ2) is 5.09. The van der Waals surface area contributed by atoms with Gasteiger partial charge in [0.25, 0.3) is 0 Å². The molecule has 0 aliphatic carbocycles. The number of halogens is 4. The van der Waals surface area contributed by atoms with Crippen LogP contribution in [0.2, 0.25) is 0 Å². The largest absolute Gasteiger partial charge is 0.418 e. The summed E-state index contributed by atoms with van der Waals surface area (Å²) in [7, 11) is 0. The van der Waals surface area contributed by atoms with Crippen molar-refractivity contribution in [1.29, 1.82) is 0 Å². The van der Waals surface area contributed by atoms with Crippen LogP contribution in [0.25, 0.3) is 0 Å². The molecule has 1 aliphatic rings. The molecule has 1 unspecified atom stereocenters. The zero-order valence-corrected chi connectivity index (χ0v) is 11.5. The molecule has 0 radical (unpaired) electrons. The molecule has 0 amide bonds. The van der Waals surface area contributed by atoms with Crippen LogP contribution in [0.5, 0.6) is 0 Å². The molecule has 2 rings (SSSR count). The van der Waals surface area contributed by atoms with Crippen LogP contribution < -0.4 is 10.2 Å². The van der Waals surface area contributed by atoms with Gasteiger partial charge in [-0.3, -0.25) is 0 Å². The van der Waals surface area contributed by atoms with E-state index in [1.807, 2.05) is 6.92 Å². The maximum absolute atomic E-state index is 13.0. The summed E-state index contributed by atoms with van der Waals surface area (Å²) in [6.07, 6.45) is -4.33. The molecule has 0 spiro atoms. The van der Waals surface area contributed by atoms with Gasteiger partial charge in [0.05, 0.1) is 5.56 Å². The number of alkyl halides is 3. The minimum Gasteiger partial charge on any atom is -0.368 e. The van der Waals surface area contributed by atoms with Crippen molar-refractivity contribution in [3.05, 3.63) is 28.2 Å². The lowest BCUT2D eigenvalue weighted by Crippen LogP contribution is -2.49. The zero-order chi connectivity index (χ0) is 13.3. The average molecular weight is 323 g/mol. The summed E-state index contributed by atoms with van der Waals surface area (Å²) in [5, 5.41) is 3.22. The molecule has 1 aromatic carbocycles. The summed E-state index contributed by atoms with van der Waals surface area (Å²) < 4.78 is 39.5. The molecule has 1 N–H and O–H groups in total. The molecular weight excluding hydrogens is 309 g/mol. The van der Waals surface area contributed by atoms with Gasteiger partial charge < -0.3 is 10.2 Å². The number of anilines is 1. The number of nitrogens with one attached hydrogen (secondary N) is 1. The highest BCUT2D eigenvalue weighted by atomic mass is 79.9. The van der Waals surface area contributed by atoms with Gasteiger partial charge in [0.1, 0.15) is 0 Å². The minimum atomic E-state index is -4.33. The van der Waals surface area contributed by atoms with Crippen molar-refractivity contribution in [3.63, 3.8) is 0 Å². The molecule has 1 saturated heterocycles. The van der Waals surface area contributed by atoms with Crippen LogP contribution in [0.4, 0.5) is 18.9 Å². The summed E-state index contributed by atoms with van der Waals surface area (Å²) in [6.45, 7) is 3.85. The van der Waals surface area contributed by atoms with Gasteiger partial charge in [0.2, 0.25) is 0 Å². The number of hydrogen-bond acceptors (Lipinski definition) is 2. The SMILES string of the molecule is CC1CN(c2ccc(Br)cc2C(F)(F)F)CCN1. The Labute approximate surface area is 112 Å². The van der Waals surface area contributed by atoms with E-state index in [-0.39, 0.29) is 11.7 Å². The maximum atomic E-state index is 13.0. The molecular formula is C12H14BrF3N2. The van der Waals surface area contributed by atoms with Crippen LogP contribution in [-0.4, -0.2) is 25.7 Å². The molecule has 1 fully saturated rings. The lowest BCUT2D eigenvalue weighted by Gasteiger charge is -2.35. The second-order valence-corrected chi connectivity index (χ2v) is 5.38. The van der Waals surface area contributed by atoms with E-state index >= 15 is 0 Å². The maximum Gasteiger partial charge on any atom is 0.418 e. The molecule has 1 aliphatic heterocycles. The lowest BCUT2D eigenvalue weighted by atomic mass is 10.1. The van der Waals surface area contributed by atoms with Crippen LogP contribution in [0.3, 0.4) is 0 Å². The Bertz CT molecular complexity index is 434. The van der Waals surface area contributed by atoms with Gasteiger partial charge in [-0.1, -0.05) is 15.9 Å². The normalized spacial score (nSPS) is 21.2. The summed E-state index contributed by atoms with van der Waals surface area (Å²) >= 11 is 3.09. The van der Waals surface area contributed by atoms with Crippen molar-refractivity contribution in [2.45, 2.75) is 19.1 Å². The third-order valence-corrected chi connectivity index (χ3v) is 3.47. The molecule has 2 nitrogen and oxygen atoms in total. The van der Waals surface area contributed by atoms with Crippen molar-refractivity contribution in [2.75, 3.05) is 24.5 Å². The first-order valence-electron chi connectivity index (χ1n) is 5.73. The number of benzene rings is 1. The fraction of sp³-hybridized carbons (Fsp3) is 0.500. The molecule has 0 bridgehead atoms. The molecule has 1 atom stereocenters. The van der Waals surface area contributed by atoms with Gasteiger partial charge in [-0.05, 0) is 25.1 Å². The molecule has 100 valence electrons. The summed E-state index contributed by atoms with van der Waals surface area (Å²) in [6, 6.07) is 4.52. The number of hydrogen-bond donors (Lipinski definition) is 1. The highest BCUT2D eigenvalue weighted by Crippen LogP contribution is 2.38. The van der Waals surface area contributed by atoms with E-state index in [0.717, 1.165) is 6.07 Å². The van der Waals surface area contributed by atoms with Crippen LogP contribution in [0.15, 0.2) is 22.7 Å². The van der Waals surface area contributed by atoms with E-state index in [4.69, 9.17) is 0 Å². The van der Waals surface area contributed by atoms with Gasteiger partial charge in [-0.15, -0.1) is 0 Å². The number of nitrogens with zero attached hydrogens (tertiary/aromatic N) is 1. The number of rotatable bonds is 1. The van der Waals surface area contributed by atoms with Crippen LogP contribution >= 0.6 is 15.9 Å². The summed E-state index contributed by atoms with van der Waals surface area (Å²) in [5.41, 5.74) is -0.315. The van der Waals surface area contributed by atoms with Crippen LogP contribution in [0, 0.1) is 0 Å². The Hall–Kier alpha value is -0.750. The fourth-order valence-corrected chi connectivity index (χ4v) is 2.52. The molecule has 6 heteroatoms. The first-order valence-corrected chi connectivity index (χ1v) is 6.52. The quantitative estimate of drug-likeness (QED) is 0.853. The van der Waals surface area contributed by atoms with E-state index in [1.165, 1.54) is 6.07 Å². The Morgan fingerprint density at radius 3 is 2.72 bits per heavy atom. The molecule has 1 aromatic rings. The van der Waals surface area contributed by atoms with Gasteiger partial charge >= 0.3 is 6.18 Å². The van der Waals surface area contributed by atoms with Crippen molar-refractivity contribution >= 4 is 21.6 Å². The van der Waals surface area contributed by atoms with Crippen molar-refractivity contribution < 1.29 is 13.2 Å². The van der Waals surface area contributed by atoms with Gasteiger partial charge in [0.15, 0.2) is 0 Å². The average Bonchev–Trinajstić information content (AvgIpc) is 2.27. The third-order valence-electron chi connectivity index (χ3n) is 2.97. The highest BCUT2D eigenvalue weighted by molar-refractivity contribution is 9.10. The Morgan fingerprint density at radius 2 is 2.11 bits per heavy atom. The standard InChI is InChI=1S/C12H14BrF3N2/c1-8-7-18(5-4-17-8)11-3-2-9(13)6-10(11)12(14,15)16/h2-3,6,8,17H,4-5,7H2,1H3. The lowest BCUT2D eigenvalue weighted by molar-refractivity contribution is -0.137. The highest BCUT2D eigenvalue weighted by Gasteiger charge is 2.35. The smallest absolute Gasteiger partial charge is 0.368 e. The fourth-order valence-electron chi connectivity index (χ4n) is 2.16. The van der Waals surface area contributed by atoms with Gasteiger partial charge in [-0.2, -0.15) is 13.2 Å². The topological polar surface area (TPSA) is 15.3 Å². The zero-order valence-electron chi connectivity index (χ0n) is 9.89. The van der Waals surface area contributed by atoms with Crippen molar-refractivity contribution in [1.82, 2.24) is 5.32 Å². The summed E-state index contributed by atoms with van der Waals surface area (Å²) in [4.78, 5) is 1.79. The van der Waals surface area contributed by atoms with Gasteiger partial charge in [-0.25, -0.2) is 0 Å². The molecule has 18 heavy (non-hydrogen) atoms. The van der Waals surface area contributed by atoms with E-state index in [0.29, 0.717) is 24.1 Å². The second-order valence-electron chi connectivity index (χ2n) is 4.46. The van der Waals surface area contributed by atoms with Crippen molar-refractivity contribution in [3.8, 4) is 0 Å². The Kier molecular flexibility index (Phi) is 3.87. The summed E-state index contributed by atoms with van der Waals surface area (Å²) in [5.74, 6) is 0. The monoisotopic (exact) mass is 322 g/mol. The Morgan fingerprint density at radius 1 is 1.39 bits per heavy atom. The minimum absolute atomic E-state index is 0.198. The third kappa shape index (κ3) is 2.98. The van der Waals surface area contributed by atoms with Crippen LogP contribution in [0.1, 0.15) is 12.5 Å². The van der Waals surface area contributed by atoms with Crippen molar-refractivity contribution in [2.24, 2.45) is 0 Å².